The average molecular weight is 371 g/mol. The molecule has 1 N–H and O–H groups in total. The van der Waals surface area contributed by atoms with E-state index in [-0.39, 0.29) is 26.2 Å². The van der Waals surface area contributed by atoms with Gasteiger partial charge in [-0.25, -0.2) is 0 Å². The number of hydrogen-bond acceptors (Lipinski definition) is 1. The molecule has 0 spiro atoms. The van der Waals surface area contributed by atoms with E-state index in [0.29, 0.717) is 10.5 Å². The van der Waals surface area contributed by atoms with E-state index in [1.807, 2.05) is 91.0 Å². The predicted octanol–water partition coefficient (Wildman–Crippen LogP) is 2.72. The van der Waals surface area contributed by atoms with Crippen molar-refractivity contribution in [3.05, 3.63) is 109 Å². The first-order chi connectivity index (χ1) is 10.0. The molecule has 0 saturated heterocycles. The van der Waals surface area contributed by atoms with Crippen LogP contribution >= 0.6 is 0 Å². The molecule has 0 aliphatic heterocycles. The normalized spacial score (nSPS) is 7.29. The van der Waals surface area contributed by atoms with Crippen LogP contribution in [-0.4, -0.2) is 15.3 Å². The summed E-state index contributed by atoms with van der Waals surface area (Å²) in [5, 5.41) is 0. The average Bonchev–Trinajstić information content (AvgIpc) is 2.62. The van der Waals surface area contributed by atoms with Gasteiger partial charge in [0, 0.05) is 0 Å². The summed E-state index contributed by atoms with van der Waals surface area (Å²) in [6.45, 7) is 0. The van der Waals surface area contributed by atoms with Crippen LogP contribution in [0.15, 0.2) is 91.0 Å². The van der Waals surface area contributed by atoms with Gasteiger partial charge < -0.3 is 4.80 Å². The Morgan fingerprint density at radius 3 is 0.667 bits per heavy atom. The third kappa shape index (κ3) is 18.7. The Morgan fingerprint density at radius 2 is 0.619 bits per heavy atom. The van der Waals surface area contributed by atoms with Gasteiger partial charge in [-0.05, 0) is 0 Å². The molecular weight excluding hydrogens is 352 g/mol. The molecule has 0 aliphatic carbocycles. The van der Waals surface area contributed by atoms with Gasteiger partial charge in [-0.15, -0.1) is 0 Å². The van der Waals surface area contributed by atoms with Gasteiger partial charge in [-0.3, -0.25) is 0 Å². The Labute approximate surface area is 150 Å². The van der Waals surface area contributed by atoms with Crippen LogP contribution in [0.3, 0.4) is 0 Å². The molecule has 105 valence electrons. The molecular formula is C18H19OSiZr. The molecule has 1 nitrogen and oxygen atoms in total. The third-order valence-electron chi connectivity index (χ3n) is 1.82. The minimum Gasteiger partial charge on any atom is -0.442 e. The van der Waals surface area contributed by atoms with Gasteiger partial charge >= 0.3 is 26.2 Å². The number of benzene rings is 3. The summed E-state index contributed by atoms with van der Waals surface area (Å²) in [6.07, 6.45) is 0. The van der Waals surface area contributed by atoms with Crippen molar-refractivity contribution >= 4 is 10.5 Å². The summed E-state index contributed by atoms with van der Waals surface area (Å²) in [4.78, 5) is 7.14. The van der Waals surface area contributed by atoms with Crippen LogP contribution < -0.4 is 0 Å². The van der Waals surface area contributed by atoms with E-state index < -0.39 is 0 Å². The molecule has 0 unspecified atom stereocenters. The fraction of sp³-hybridized carbons (Fsp3) is 0. The quantitative estimate of drug-likeness (QED) is 0.476. The van der Waals surface area contributed by atoms with Crippen LogP contribution in [0.2, 0.25) is 0 Å². The molecule has 3 rings (SSSR count). The fourth-order valence-corrected chi connectivity index (χ4v) is 1.03. The van der Waals surface area contributed by atoms with Gasteiger partial charge in [0.15, 0.2) is 0 Å². The predicted molar refractivity (Wildman–Crippen MR) is 88.0 cm³/mol. The van der Waals surface area contributed by atoms with Crippen LogP contribution in [0.4, 0.5) is 0 Å². The van der Waals surface area contributed by atoms with Gasteiger partial charge in [-0.1, -0.05) is 0 Å². The maximum Gasteiger partial charge on any atom is 3.00 e. The Morgan fingerprint density at radius 1 is 0.429 bits per heavy atom. The van der Waals surface area contributed by atoms with Crippen molar-refractivity contribution in [2.75, 3.05) is 0 Å². The summed E-state index contributed by atoms with van der Waals surface area (Å²) < 4.78 is 0. The number of hydrogen-bond donors (Lipinski definition) is 1. The van der Waals surface area contributed by atoms with Crippen LogP contribution in [0.5, 0.6) is 0 Å². The van der Waals surface area contributed by atoms with Gasteiger partial charge in [0.1, 0.15) is 10.5 Å². The van der Waals surface area contributed by atoms with Gasteiger partial charge in [0.25, 0.3) is 0 Å². The van der Waals surface area contributed by atoms with E-state index in [9.17, 15) is 0 Å². The van der Waals surface area contributed by atoms with Crippen molar-refractivity contribution in [1.82, 2.24) is 0 Å². The maximum absolute atomic E-state index is 7.14. The zero-order valence-electron chi connectivity index (χ0n) is 12.1. The zero-order valence-corrected chi connectivity index (χ0v) is 16.6. The maximum atomic E-state index is 7.14. The van der Waals surface area contributed by atoms with Crippen LogP contribution in [-0.2, 0) is 26.2 Å². The molecule has 3 aromatic rings. The van der Waals surface area contributed by atoms with Gasteiger partial charge in [0.2, 0.25) is 0 Å². The Kier molecular flexibility index (Phi) is 22.0. The summed E-state index contributed by atoms with van der Waals surface area (Å²) in [7, 11) is 0.306. The molecule has 0 heterocycles. The monoisotopic (exact) mass is 369 g/mol. The number of rotatable bonds is 0. The minimum absolute atomic E-state index is 0. The molecule has 0 aliphatic rings. The molecule has 3 heteroatoms. The Hall–Kier alpha value is -1.28. The van der Waals surface area contributed by atoms with E-state index in [2.05, 4.69) is 18.2 Å². The third-order valence-corrected chi connectivity index (χ3v) is 1.82. The molecule has 0 aromatic heterocycles. The van der Waals surface area contributed by atoms with Crippen molar-refractivity contribution in [2.24, 2.45) is 0 Å². The van der Waals surface area contributed by atoms with Gasteiger partial charge in [-0.2, -0.15) is 109 Å². The first-order valence-corrected chi connectivity index (χ1v) is 7.07. The molecule has 0 amide bonds. The van der Waals surface area contributed by atoms with E-state index in [4.69, 9.17) is 4.80 Å². The summed E-state index contributed by atoms with van der Waals surface area (Å²) in [6, 6.07) is 37.5. The zero-order chi connectivity index (χ0) is 14.7. The van der Waals surface area contributed by atoms with E-state index >= 15 is 0 Å². The smallest absolute Gasteiger partial charge is 0.442 e. The summed E-state index contributed by atoms with van der Waals surface area (Å²) in [5.41, 5.74) is 0. The molecule has 21 heavy (non-hydrogen) atoms. The molecule has 0 atom stereocenters. The fourth-order valence-electron chi connectivity index (χ4n) is 1.03. The SMILES string of the molecule is O[SiH3].[Zr+3].[c-]1ccccc1.[c-]1ccccc1.[c-]1ccccc1. The molecule has 1 radical (unpaired) electrons. The first kappa shape index (κ1) is 22.0. The van der Waals surface area contributed by atoms with E-state index in [1.54, 1.807) is 0 Å². The second-order valence-corrected chi connectivity index (χ2v) is 3.23. The van der Waals surface area contributed by atoms with Crippen molar-refractivity contribution in [3.63, 3.8) is 0 Å². The van der Waals surface area contributed by atoms with E-state index in [0.717, 1.165) is 0 Å². The molecule has 3 aromatic carbocycles. The molecule has 0 fully saturated rings. The minimum atomic E-state index is 0. The summed E-state index contributed by atoms with van der Waals surface area (Å²) in [5.74, 6) is 0. The molecule has 0 saturated carbocycles. The van der Waals surface area contributed by atoms with Gasteiger partial charge in [0.05, 0.1) is 0 Å². The van der Waals surface area contributed by atoms with E-state index in [1.165, 1.54) is 0 Å². The molecule has 0 bridgehead atoms. The second-order valence-electron chi connectivity index (χ2n) is 3.23. The van der Waals surface area contributed by atoms with Crippen molar-refractivity contribution < 1.29 is 31.0 Å². The first-order valence-electron chi connectivity index (χ1n) is 6.18. The van der Waals surface area contributed by atoms with Crippen molar-refractivity contribution in [3.8, 4) is 0 Å². The summed E-state index contributed by atoms with van der Waals surface area (Å²) >= 11 is 0. The largest absolute Gasteiger partial charge is 3.00 e. The van der Waals surface area contributed by atoms with Crippen LogP contribution in [0.25, 0.3) is 0 Å². The standard InChI is InChI=1S/3C6H5.H4OSi.Zr/c3*1-2-4-6-5-3-1;1-2;/h3*1-5H;1H,2H3;/q3*-1;;+3. The van der Waals surface area contributed by atoms with Crippen molar-refractivity contribution in [1.29, 1.82) is 0 Å². The second kappa shape index (κ2) is 21.0. The Balaban J connectivity index is 0. The van der Waals surface area contributed by atoms with Crippen molar-refractivity contribution in [2.45, 2.75) is 0 Å². The topological polar surface area (TPSA) is 20.2 Å². The van der Waals surface area contributed by atoms with Crippen LogP contribution in [0, 0.1) is 18.2 Å². The Bertz CT molecular complexity index is 308. The van der Waals surface area contributed by atoms with Crippen LogP contribution in [0.1, 0.15) is 0 Å².